The molecule has 0 unspecified atom stereocenters. The van der Waals surface area contributed by atoms with Crippen LogP contribution in [0.15, 0.2) is 110 Å². The van der Waals surface area contributed by atoms with Gasteiger partial charge in [-0.1, -0.05) is 10.2 Å². The Morgan fingerprint density at radius 2 is 1.33 bits per heavy atom. The zero-order chi connectivity index (χ0) is 43.5. The summed E-state index contributed by atoms with van der Waals surface area (Å²) in [5.74, 6) is 4.24. The van der Waals surface area contributed by atoms with Crippen LogP contribution in [-0.4, -0.2) is 64.8 Å². The highest BCUT2D eigenvalue weighted by atomic mass is 32.1. The Morgan fingerprint density at radius 1 is 0.717 bits per heavy atom. The van der Waals surface area contributed by atoms with Gasteiger partial charge in [-0.05, 0) is 47.1 Å². The van der Waals surface area contributed by atoms with Crippen molar-refractivity contribution in [2.24, 2.45) is 65.9 Å². The lowest BCUT2D eigenvalue weighted by atomic mass is 10.1. The van der Waals surface area contributed by atoms with Gasteiger partial charge in [0.1, 0.15) is 52.9 Å². The highest BCUT2D eigenvalue weighted by Crippen LogP contribution is 2.38. The van der Waals surface area contributed by atoms with E-state index in [2.05, 4.69) is 48.7 Å². The summed E-state index contributed by atoms with van der Waals surface area (Å²) in [5.41, 5.74) is 11.7. The van der Waals surface area contributed by atoms with Crippen molar-refractivity contribution in [2.75, 3.05) is 71.2 Å². The van der Waals surface area contributed by atoms with Gasteiger partial charge in [0, 0.05) is 61.0 Å². The van der Waals surface area contributed by atoms with Crippen LogP contribution in [0.25, 0.3) is 0 Å². The van der Waals surface area contributed by atoms with Crippen molar-refractivity contribution in [2.45, 2.75) is 6.92 Å². The van der Waals surface area contributed by atoms with Crippen molar-refractivity contribution in [1.29, 1.82) is 0 Å². The summed E-state index contributed by atoms with van der Waals surface area (Å²) in [6, 6.07) is 13.2. The molecule has 0 atom stereocenters. The van der Waals surface area contributed by atoms with Crippen molar-refractivity contribution in [3.63, 3.8) is 0 Å². The highest BCUT2D eigenvalue weighted by Gasteiger charge is 2.17. The van der Waals surface area contributed by atoms with Crippen molar-refractivity contribution in [3.8, 4) is 23.0 Å². The van der Waals surface area contributed by atoms with Gasteiger partial charge < -0.3 is 34.5 Å². The predicted molar refractivity (Wildman–Crippen MR) is 232 cm³/mol. The molecular formula is C41H55N14O4S+3. The normalized spacial score (nSPS) is 12.2. The van der Waals surface area contributed by atoms with E-state index in [-0.39, 0.29) is 0 Å². The minimum Gasteiger partial charge on any atom is -0.495 e. The van der Waals surface area contributed by atoms with Crippen LogP contribution in [0.2, 0.25) is 0 Å². The SMILES string of the molecule is CN1CCOc2cc(N=Nc3scc[n+]3C)ccc21.COc1cc(N=Nc2n(C)cc[n+]2C)c(C)cc1N(C)C.COc1cc(N=Nc2n(C)cc[n+]2C)c(OC)cc1N. The molecule has 316 valence electrons. The van der Waals surface area contributed by atoms with E-state index in [0.29, 0.717) is 35.4 Å². The lowest BCUT2D eigenvalue weighted by Gasteiger charge is -2.27. The third-order valence-corrected chi connectivity index (χ3v) is 10.2. The molecule has 3 aromatic heterocycles. The fourth-order valence-corrected chi connectivity index (χ4v) is 6.52. The number of hydrogen-bond donors (Lipinski definition) is 1. The number of anilines is 3. The molecule has 0 amide bonds. The summed E-state index contributed by atoms with van der Waals surface area (Å²) >= 11 is 1.56. The summed E-state index contributed by atoms with van der Waals surface area (Å²) in [5, 5.41) is 28.5. The van der Waals surface area contributed by atoms with Crippen molar-refractivity contribution < 1.29 is 32.6 Å². The highest BCUT2D eigenvalue weighted by molar-refractivity contribution is 7.12. The topological polar surface area (TPSA) is 165 Å². The van der Waals surface area contributed by atoms with E-state index in [0.717, 1.165) is 57.4 Å². The van der Waals surface area contributed by atoms with E-state index in [4.69, 9.17) is 24.7 Å². The van der Waals surface area contributed by atoms with E-state index in [1.165, 1.54) is 0 Å². The van der Waals surface area contributed by atoms with Gasteiger partial charge in [-0.3, -0.25) is 0 Å². The van der Waals surface area contributed by atoms with Crippen LogP contribution in [0.5, 0.6) is 23.0 Å². The molecule has 1 aliphatic heterocycles. The molecule has 0 saturated carbocycles. The molecule has 0 fully saturated rings. The van der Waals surface area contributed by atoms with E-state index in [9.17, 15) is 0 Å². The van der Waals surface area contributed by atoms with Gasteiger partial charge in [-0.2, -0.15) is 0 Å². The van der Waals surface area contributed by atoms with Gasteiger partial charge in [0.15, 0.2) is 0 Å². The number of aromatic nitrogens is 5. The number of nitrogens with two attached hydrogens (primary N) is 1. The maximum Gasteiger partial charge on any atom is 0.421 e. The number of methoxy groups -OCH3 is 3. The number of benzene rings is 3. The van der Waals surface area contributed by atoms with Gasteiger partial charge in [0.05, 0.1) is 110 Å². The molecule has 0 aliphatic carbocycles. The van der Waals surface area contributed by atoms with E-state index in [1.54, 1.807) is 44.8 Å². The maximum absolute atomic E-state index is 5.83. The third-order valence-electron chi connectivity index (χ3n) is 9.34. The number of nitrogen functional groups attached to an aromatic ring is 1. The Labute approximate surface area is 354 Å². The van der Waals surface area contributed by atoms with Gasteiger partial charge >= 0.3 is 17.0 Å². The molecule has 60 heavy (non-hydrogen) atoms. The van der Waals surface area contributed by atoms with Gasteiger partial charge in [-0.15, -0.1) is 0 Å². The zero-order valence-electron chi connectivity index (χ0n) is 36.4. The second-order valence-corrected chi connectivity index (χ2v) is 14.8. The summed E-state index contributed by atoms with van der Waals surface area (Å²) < 4.78 is 31.0. The van der Waals surface area contributed by atoms with E-state index < -0.39 is 0 Å². The molecule has 4 heterocycles. The predicted octanol–water partition coefficient (Wildman–Crippen LogP) is 7.33. The summed E-state index contributed by atoms with van der Waals surface area (Å²) in [6.07, 6.45) is 9.64. The molecule has 0 spiro atoms. The second kappa shape index (κ2) is 20.2. The molecule has 7 rings (SSSR count). The standard InChI is InChI=1S/C15H22N5O.C13H17N5O2.C13H15N4OS/c1-11-9-13(18(2)3)14(21-6)10-12(11)16-17-15-19(4)7-8-20(15)5;1-17-5-6-18(2)13(17)16-15-10-8-11(19-3)9(14)7-12(10)20-4;1-16-5-7-18-12-9-10(3-4-11(12)16)14-15-13-17(2)6-8-19-13/h7-10H,1-6H3;5-8,14H,1-4H3;3-4,6,8-9H,5,7H2,1-2H3/q+1;;+1/p+1. The number of likely N-dealkylation sites (N-methyl/N-ethyl adjacent to an activating group) is 1. The number of nitrogens with zero attached hydrogens (tertiary/aromatic N) is 13. The van der Waals surface area contributed by atoms with Gasteiger partial charge in [0.25, 0.3) is 0 Å². The summed E-state index contributed by atoms with van der Waals surface area (Å²) in [4.78, 5) is 4.20. The molecule has 6 aromatic rings. The first-order valence-corrected chi connectivity index (χ1v) is 19.7. The Hall–Kier alpha value is -6.89. The molecule has 19 heteroatoms. The van der Waals surface area contributed by atoms with Crippen LogP contribution in [0, 0.1) is 6.92 Å². The number of ether oxygens (including phenoxy) is 4. The smallest absolute Gasteiger partial charge is 0.421 e. The van der Waals surface area contributed by atoms with Gasteiger partial charge in [-0.25, -0.2) is 22.8 Å². The number of fused-ring (bicyclic) bond motifs is 1. The van der Waals surface area contributed by atoms with Crippen LogP contribution in [0.4, 0.5) is 51.2 Å². The monoisotopic (exact) mass is 839 g/mol. The minimum atomic E-state index is 0.493. The van der Waals surface area contributed by atoms with Crippen molar-refractivity contribution in [1.82, 2.24) is 9.13 Å². The van der Waals surface area contributed by atoms with Gasteiger partial charge in [0.2, 0.25) is 0 Å². The van der Waals surface area contributed by atoms with Crippen LogP contribution in [0.3, 0.4) is 0 Å². The fourth-order valence-electron chi connectivity index (χ4n) is 5.84. The second-order valence-electron chi connectivity index (χ2n) is 13.9. The van der Waals surface area contributed by atoms with Crippen LogP contribution < -0.4 is 48.2 Å². The Balaban J connectivity index is 0.000000171. The number of imidazole rings is 2. The lowest BCUT2D eigenvalue weighted by Crippen LogP contribution is -2.28. The molecule has 0 saturated heterocycles. The Kier molecular flexibility index (Phi) is 14.9. The lowest BCUT2D eigenvalue weighted by molar-refractivity contribution is -0.657. The van der Waals surface area contributed by atoms with Crippen LogP contribution in [-0.2, 0) is 35.2 Å². The molecule has 0 radical (unpaired) electrons. The van der Waals surface area contributed by atoms with E-state index in [1.807, 2.05) is 145 Å². The van der Waals surface area contributed by atoms with Crippen LogP contribution in [0.1, 0.15) is 5.56 Å². The first-order valence-electron chi connectivity index (χ1n) is 18.8. The number of aryl methyl sites for hydroxylation is 6. The average molecular weight is 840 g/mol. The number of azo groups is 3. The quantitative estimate of drug-likeness (QED) is 0.0857. The zero-order valence-corrected chi connectivity index (χ0v) is 37.2. The Morgan fingerprint density at radius 3 is 1.88 bits per heavy atom. The fraction of sp³-hybridized carbons (Fsp3) is 0.341. The summed E-state index contributed by atoms with van der Waals surface area (Å²) in [6.45, 7) is 3.65. The third kappa shape index (κ3) is 10.8. The molecule has 18 nitrogen and oxygen atoms in total. The maximum atomic E-state index is 5.83. The average Bonchev–Trinajstić information content (AvgIpc) is 3.91. The van der Waals surface area contributed by atoms with E-state index >= 15 is 0 Å². The largest absolute Gasteiger partial charge is 0.495 e. The number of rotatable bonds is 10. The van der Waals surface area contributed by atoms with Crippen molar-refractivity contribution >= 4 is 62.5 Å². The number of thiazole rings is 1. The molecule has 0 bridgehead atoms. The first-order chi connectivity index (χ1) is 28.7. The van der Waals surface area contributed by atoms with Crippen LogP contribution >= 0.6 is 11.3 Å². The molecule has 1 aliphatic rings. The molecular weight excluding hydrogens is 785 g/mol. The Bertz CT molecular complexity index is 2450. The minimum absolute atomic E-state index is 0.493. The molecule has 2 N–H and O–H groups in total. The molecule has 3 aromatic carbocycles. The van der Waals surface area contributed by atoms with Crippen molar-refractivity contribution in [3.05, 3.63) is 84.4 Å². The number of hydrogen-bond acceptors (Lipinski definition) is 14. The first kappa shape index (κ1) is 44.2. The summed E-state index contributed by atoms with van der Waals surface area (Å²) in [7, 11) is 20.4.